The molecule has 2 aromatic rings. The van der Waals surface area contributed by atoms with E-state index in [4.69, 9.17) is 17.3 Å². The Balaban J connectivity index is 2.30. The molecule has 0 aliphatic rings. The summed E-state index contributed by atoms with van der Waals surface area (Å²) in [5, 5.41) is 2.34. The number of benzene rings is 1. The van der Waals surface area contributed by atoms with Crippen molar-refractivity contribution in [3.63, 3.8) is 0 Å². The van der Waals surface area contributed by atoms with Crippen LogP contribution >= 0.6 is 22.9 Å². The fourth-order valence-electron chi connectivity index (χ4n) is 1.43. The molecule has 0 aliphatic carbocycles. The standard InChI is InChI=1S/C12H10ClNOS/c13-9-5-2-1-4-8(9)12(15)11(14)10-6-3-7-16-10/h1-7,11H,14H2. The molecule has 2 nitrogen and oxygen atoms in total. The number of halogens is 1. The fourth-order valence-corrected chi connectivity index (χ4v) is 2.38. The van der Waals surface area contributed by atoms with Crippen LogP contribution in [0.1, 0.15) is 21.3 Å². The quantitative estimate of drug-likeness (QED) is 0.851. The van der Waals surface area contributed by atoms with E-state index < -0.39 is 6.04 Å². The van der Waals surface area contributed by atoms with Crippen molar-refractivity contribution in [2.24, 2.45) is 5.73 Å². The number of carbonyl (C=O) groups excluding carboxylic acids is 1. The fraction of sp³-hybridized carbons (Fsp3) is 0.0833. The van der Waals surface area contributed by atoms with Crippen LogP contribution in [0, 0.1) is 0 Å². The van der Waals surface area contributed by atoms with Crippen LogP contribution in [0.5, 0.6) is 0 Å². The Kier molecular flexibility index (Phi) is 3.39. The van der Waals surface area contributed by atoms with Crippen LogP contribution in [-0.2, 0) is 0 Å². The molecule has 0 saturated heterocycles. The van der Waals surface area contributed by atoms with E-state index in [1.54, 1.807) is 24.3 Å². The van der Waals surface area contributed by atoms with Crippen LogP contribution < -0.4 is 5.73 Å². The molecule has 0 amide bonds. The summed E-state index contributed by atoms with van der Waals surface area (Å²) < 4.78 is 0. The Morgan fingerprint density at radius 3 is 2.62 bits per heavy atom. The zero-order valence-electron chi connectivity index (χ0n) is 8.39. The van der Waals surface area contributed by atoms with Gasteiger partial charge in [-0.15, -0.1) is 11.3 Å². The second kappa shape index (κ2) is 4.78. The molecule has 1 unspecified atom stereocenters. The molecular formula is C12H10ClNOS. The minimum Gasteiger partial charge on any atom is -0.317 e. The zero-order chi connectivity index (χ0) is 11.5. The average molecular weight is 252 g/mol. The van der Waals surface area contributed by atoms with Gasteiger partial charge in [0.1, 0.15) is 6.04 Å². The van der Waals surface area contributed by atoms with Gasteiger partial charge in [0, 0.05) is 10.4 Å². The highest BCUT2D eigenvalue weighted by Gasteiger charge is 2.20. The van der Waals surface area contributed by atoms with Gasteiger partial charge >= 0.3 is 0 Å². The highest BCUT2D eigenvalue weighted by molar-refractivity contribution is 7.10. The van der Waals surface area contributed by atoms with Gasteiger partial charge in [-0.05, 0) is 23.6 Å². The predicted octanol–water partition coefficient (Wildman–Crippen LogP) is 3.28. The highest BCUT2D eigenvalue weighted by Crippen LogP contribution is 2.24. The molecule has 16 heavy (non-hydrogen) atoms. The summed E-state index contributed by atoms with van der Waals surface area (Å²) in [7, 11) is 0. The van der Waals surface area contributed by atoms with Gasteiger partial charge in [-0.1, -0.05) is 29.8 Å². The van der Waals surface area contributed by atoms with Gasteiger partial charge in [0.25, 0.3) is 0 Å². The normalized spacial score (nSPS) is 12.4. The maximum Gasteiger partial charge on any atom is 0.186 e. The third-order valence-corrected chi connectivity index (χ3v) is 3.56. The van der Waals surface area contributed by atoms with Crippen molar-refractivity contribution in [1.82, 2.24) is 0 Å². The summed E-state index contributed by atoms with van der Waals surface area (Å²) in [5.41, 5.74) is 6.36. The second-order valence-electron chi connectivity index (χ2n) is 3.34. The maximum absolute atomic E-state index is 12.1. The minimum absolute atomic E-state index is 0.145. The number of Topliss-reactive ketones (excluding diaryl/α,β-unsaturated/α-hetero) is 1. The van der Waals surface area contributed by atoms with E-state index in [1.807, 2.05) is 17.5 Å². The molecule has 0 fully saturated rings. The molecule has 1 heterocycles. The second-order valence-corrected chi connectivity index (χ2v) is 4.72. The van der Waals surface area contributed by atoms with Crippen LogP contribution in [0.3, 0.4) is 0 Å². The SMILES string of the molecule is NC(C(=O)c1ccccc1Cl)c1cccs1. The van der Waals surface area contributed by atoms with Crippen molar-refractivity contribution in [2.75, 3.05) is 0 Å². The van der Waals surface area contributed by atoms with Gasteiger partial charge in [0.05, 0.1) is 5.02 Å². The Hall–Kier alpha value is -1.16. The first-order valence-electron chi connectivity index (χ1n) is 4.78. The highest BCUT2D eigenvalue weighted by atomic mass is 35.5. The molecule has 0 radical (unpaired) electrons. The molecule has 82 valence electrons. The van der Waals surface area contributed by atoms with Crippen LogP contribution in [-0.4, -0.2) is 5.78 Å². The molecule has 2 rings (SSSR count). The smallest absolute Gasteiger partial charge is 0.186 e. The summed E-state index contributed by atoms with van der Waals surface area (Å²) in [5.74, 6) is -0.145. The van der Waals surface area contributed by atoms with Crippen molar-refractivity contribution in [1.29, 1.82) is 0 Å². The number of hydrogen-bond acceptors (Lipinski definition) is 3. The molecule has 0 saturated carbocycles. The predicted molar refractivity (Wildman–Crippen MR) is 67.0 cm³/mol. The summed E-state index contributed by atoms with van der Waals surface area (Å²) in [4.78, 5) is 12.9. The summed E-state index contributed by atoms with van der Waals surface area (Å²) >= 11 is 7.42. The first-order valence-corrected chi connectivity index (χ1v) is 6.03. The van der Waals surface area contributed by atoms with E-state index >= 15 is 0 Å². The molecule has 0 aliphatic heterocycles. The molecule has 1 aromatic carbocycles. The van der Waals surface area contributed by atoms with Crippen molar-refractivity contribution >= 4 is 28.7 Å². The summed E-state index contributed by atoms with van der Waals surface area (Å²) in [6, 6.07) is 10.0. The van der Waals surface area contributed by atoms with E-state index in [9.17, 15) is 4.79 Å². The number of carbonyl (C=O) groups is 1. The Bertz CT molecular complexity index is 495. The zero-order valence-corrected chi connectivity index (χ0v) is 9.96. The number of rotatable bonds is 3. The van der Waals surface area contributed by atoms with Crippen molar-refractivity contribution in [3.8, 4) is 0 Å². The number of ketones is 1. The van der Waals surface area contributed by atoms with Gasteiger partial charge < -0.3 is 5.73 Å². The van der Waals surface area contributed by atoms with E-state index in [0.717, 1.165) is 4.88 Å². The number of nitrogens with two attached hydrogens (primary N) is 1. The Morgan fingerprint density at radius 2 is 2.00 bits per heavy atom. The first kappa shape index (κ1) is 11.3. The van der Waals surface area contributed by atoms with Gasteiger partial charge in [0.15, 0.2) is 5.78 Å². The third-order valence-electron chi connectivity index (χ3n) is 2.27. The lowest BCUT2D eigenvalue weighted by molar-refractivity contribution is 0.0963. The van der Waals surface area contributed by atoms with Gasteiger partial charge in [-0.25, -0.2) is 0 Å². The van der Waals surface area contributed by atoms with Crippen LogP contribution in [0.15, 0.2) is 41.8 Å². The third kappa shape index (κ3) is 2.16. The molecule has 1 atom stereocenters. The molecular weight excluding hydrogens is 242 g/mol. The molecule has 2 N–H and O–H groups in total. The lowest BCUT2D eigenvalue weighted by Crippen LogP contribution is -2.20. The van der Waals surface area contributed by atoms with E-state index in [-0.39, 0.29) is 5.78 Å². The maximum atomic E-state index is 12.1. The lowest BCUT2D eigenvalue weighted by Gasteiger charge is -2.09. The topological polar surface area (TPSA) is 43.1 Å². The Morgan fingerprint density at radius 1 is 1.25 bits per heavy atom. The molecule has 0 spiro atoms. The minimum atomic E-state index is -0.625. The van der Waals surface area contributed by atoms with E-state index in [2.05, 4.69) is 0 Å². The van der Waals surface area contributed by atoms with Crippen LogP contribution in [0.25, 0.3) is 0 Å². The monoisotopic (exact) mass is 251 g/mol. The van der Waals surface area contributed by atoms with Gasteiger partial charge in [0.2, 0.25) is 0 Å². The van der Waals surface area contributed by atoms with E-state index in [0.29, 0.717) is 10.6 Å². The lowest BCUT2D eigenvalue weighted by atomic mass is 10.0. The first-order chi connectivity index (χ1) is 7.70. The molecule has 0 bridgehead atoms. The van der Waals surface area contributed by atoms with Crippen molar-refractivity contribution < 1.29 is 4.79 Å². The van der Waals surface area contributed by atoms with Crippen molar-refractivity contribution in [2.45, 2.75) is 6.04 Å². The van der Waals surface area contributed by atoms with Crippen molar-refractivity contribution in [3.05, 3.63) is 57.2 Å². The van der Waals surface area contributed by atoms with E-state index in [1.165, 1.54) is 11.3 Å². The average Bonchev–Trinajstić information content (AvgIpc) is 2.81. The van der Waals surface area contributed by atoms with Crippen LogP contribution in [0.2, 0.25) is 5.02 Å². The summed E-state index contributed by atoms with van der Waals surface area (Å²) in [6.45, 7) is 0. The number of hydrogen-bond donors (Lipinski definition) is 1. The van der Waals surface area contributed by atoms with Crippen LogP contribution in [0.4, 0.5) is 0 Å². The molecule has 4 heteroatoms. The molecule has 1 aromatic heterocycles. The summed E-state index contributed by atoms with van der Waals surface area (Å²) in [6.07, 6.45) is 0. The van der Waals surface area contributed by atoms with Gasteiger partial charge in [-0.2, -0.15) is 0 Å². The number of thiophene rings is 1. The Labute approximate surface area is 103 Å². The van der Waals surface area contributed by atoms with Gasteiger partial charge in [-0.3, -0.25) is 4.79 Å². The largest absolute Gasteiger partial charge is 0.317 e.